The quantitative estimate of drug-likeness (QED) is 0.925. The Morgan fingerprint density at radius 3 is 2.86 bits per heavy atom. The van der Waals surface area contributed by atoms with Gasteiger partial charge in [-0.2, -0.15) is 0 Å². The molecule has 0 radical (unpaired) electrons. The number of ether oxygens (including phenoxy) is 1. The molecule has 0 bridgehead atoms. The molecule has 0 spiro atoms. The van der Waals surface area contributed by atoms with Crippen molar-refractivity contribution < 1.29 is 4.74 Å². The number of benzene rings is 1. The highest BCUT2D eigenvalue weighted by Crippen LogP contribution is 2.28. The van der Waals surface area contributed by atoms with Crippen LogP contribution >= 0.6 is 0 Å². The van der Waals surface area contributed by atoms with E-state index < -0.39 is 0 Å². The van der Waals surface area contributed by atoms with Crippen LogP contribution in [0.4, 0.5) is 5.82 Å². The fraction of sp³-hybridized carbons (Fsp3) is 0.375. The molecule has 0 amide bonds. The molecule has 0 saturated carbocycles. The molecule has 0 saturated heterocycles. The zero-order valence-electron chi connectivity index (χ0n) is 12.4. The summed E-state index contributed by atoms with van der Waals surface area (Å²) in [6, 6.07) is 10.9. The van der Waals surface area contributed by atoms with Crippen LogP contribution < -0.4 is 15.0 Å². The molecule has 2 aromatic rings. The van der Waals surface area contributed by atoms with Gasteiger partial charge in [-0.3, -0.25) is 0 Å². The van der Waals surface area contributed by atoms with Gasteiger partial charge in [-0.25, -0.2) is 9.97 Å². The van der Waals surface area contributed by atoms with E-state index >= 15 is 0 Å². The fourth-order valence-electron chi connectivity index (χ4n) is 2.87. The van der Waals surface area contributed by atoms with Crippen LogP contribution in [0.1, 0.15) is 11.1 Å². The molecule has 3 rings (SSSR count). The van der Waals surface area contributed by atoms with E-state index in [9.17, 15) is 0 Å². The Hall–Kier alpha value is -2.14. The second-order valence-corrected chi connectivity index (χ2v) is 5.23. The van der Waals surface area contributed by atoms with E-state index in [2.05, 4.69) is 44.5 Å². The molecule has 2 heterocycles. The number of hydrogen-bond donors (Lipinski definition) is 1. The molecule has 21 heavy (non-hydrogen) atoms. The molecular weight excluding hydrogens is 264 g/mol. The van der Waals surface area contributed by atoms with Crippen LogP contribution in [0.5, 0.6) is 5.88 Å². The maximum atomic E-state index is 5.22. The van der Waals surface area contributed by atoms with Crippen molar-refractivity contribution in [2.75, 3.05) is 25.6 Å². The maximum absolute atomic E-state index is 5.22. The Balaban J connectivity index is 1.94. The van der Waals surface area contributed by atoms with E-state index in [-0.39, 0.29) is 0 Å². The third kappa shape index (κ3) is 2.83. The highest BCUT2D eigenvalue weighted by atomic mass is 16.5. The van der Waals surface area contributed by atoms with Crippen molar-refractivity contribution in [3.8, 4) is 5.88 Å². The highest BCUT2D eigenvalue weighted by Gasteiger charge is 2.26. The number of hydrogen-bond acceptors (Lipinski definition) is 5. The third-order valence-corrected chi connectivity index (χ3v) is 3.93. The maximum Gasteiger partial charge on any atom is 0.218 e. The van der Waals surface area contributed by atoms with Crippen LogP contribution in [-0.4, -0.2) is 36.7 Å². The van der Waals surface area contributed by atoms with Crippen molar-refractivity contribution in [3.63, 3.8) is 0 Å². The zero-order valence-corrected chi connectivity index (χ0v) is 12.4. The van der Waals surface area contributed by atoms with Gasteiger partial charge in [0.05, 0.1) is 7.11 Å². The molecule has 1 aromatic carbocycles. The molecular formula is C16H20N4O. The van der Waals surface area contributed by atoms with Gasteiger partial charge >= 0.3 is 0 Å². The Bertz CT molecular complexity index is 617. The van der Waals surface area contributed by atoms with E-state index in [0.29, 0.717) is 11.9 Å². The first kappa shape index (κ1) is 13.8. The van der Waals surface area contributed by atoms with Gasteiger partial charge in [-0.05, 0) is 24.6 Å². The van der Waals surface area contributed by atoms with Crippen molar-refractivity contribution in [3.05, 3.63) is 47.8 Å². The average Bonchev–Trinajstić information content (AvgIpc) is 2.54. The SMILES string of the molecule is CNCC1Cc2ccccc2CN1c1cc(OC)ncn1. The predicted octanol–water partition coefficient (Wildman–Crippen LogP) is 1.64. The van der Waals surface area contributed by atoms with Gasteiger partial charge in [0, 0.05) is 25.2 Å². The van der Waals surface area contributed by atoms with Gasteiger partial charge < -0.3 is 15.0 Å². The van der Waals surface area contributed by atoms with E-state index in [1.54, 1.807) is 13.4 Å². The number of likely N-dealkylation sites (N-methyl/N-ethyl adjacent to an activating group) is 1. The number of nitrogens with one attached hydrogen (secondary N) is 1. The van der Waals surface area contributed by atoms with E-state index in [1.165, 1.54) is 11.1 Å². The summed E-state index contributed by atoms with van der Waals surface area (Å²) in [6.45, 7) is 1.78. The highest BCUT2D eigenvalue weighted by molar-refractivity contribution is 5.47. The van der Waals surface area contributed by atoms with Crippen molar-refractivity contribution in [1.29, 1.82) is 0 Å². The zero-order chi connectivity index (χ0) is 14.7. The standard InChI is InChI=1S/C16H20N4O/c1-17-9-14-7-12-5-3-4-6-13(12)10-20(14)15-8-16(21-2)19-11-18-15/h3-6,8,11,14,17H,7,9-10H2,1-2H3. The fourth-order valence-corrected chi connectivity index (χ4v) is 2.87. The van der Waals surface area contributed by atoms with Crippen LogP contribution in [0, 0.1) is 0 Å². The number of aromatic nitrogens is 2. The first-order valence-electron chi connectivity index (χ1n) is 7.16. The summed E-state index contributed by atoms with van der Waals surface area (Å²) >= 11 is 0. The first-order chi connectivity index (χ1) is 10.3. The number of methoxy groups -OCH3 is 1. The Morgan fingerprint density at radius 1 is 1.29 bits per heavy atom. The first-order valence-corrected chi connectivity index (χ1v) is 7.16. The molecule has 1 atom stereocenters. The van der Waals surface area contributed by atoms with Crippen molar-refractivity contribution in [2.24, 2.45) is 0 Å². The molecule has 0 fully saturated rings. The van der Waals surface area contributed by atoms with Crippen LogP contribution in [-0.2, 0) is 13.0 Å². The van der Waals surface area contributed by atoms with Gasteiger partial charge in [0.1, 0.15) is 12.1 Å². The van der Waals surface area contributed by atoms with Crippen molar-refractivity contribution >= 4 is 5.82 Å². The second-order valence-electron chi connectivity index (χ2n) is 5.23. The molecule has 0 aliphatic carbocycles. The lowest BCUT2D eigenvalue weighted by Gasteiger charge is -2.37. The summed E-state index contributed by atoms with van der Waals surface area (Å²) in [7, 11) is 3.61. The molecule has 1 aliphatic heterocycles. The van der Waals surface area contributed by atoms with Gasteiger partial charge in [0.2, 0.25) is 5.88 Å². The minimum absolute atomic E-state index is 0.379. The summed E-state index contributed by atoms with van der Waals surface area (Å²) in [6.07, 6.45) is 2.58. The predicted molar refractivity (Wildman–Crippen MR) is 82.6 cm³/mol. The van der Waals surface area contributed by atoms with Crippen molar-refractivity contribution in [2.45, 2.75) is 19.0 Å². The summed E-state index contributed by atoms with van der Waals surface area (Å²) in [5.41, 5.74) is 2.79. The van der Waals surface area contributed by atoms with Crippen LogP contribution in [0.3, 0.4) is 0 Å². The summed E-state index contributed by atoms with van der Waals surface area (Å²) in [5.74, 6) is 1.51. The molecule has 1 aliphatic rings. The summed E-state index contributed by atoms with van der Waals surface area (Å²) < 4.78 is 5.22. The van der Waals surface area contributed by atoms with E-state index in [0.717, 1.165) is 25.3 Å². The molecule has 1 unspecified atom stereocenters. The molecule has 110 valence electrons. The Labute approximate surface area is 125 Å². The Kier molecular flexibility index (Phi) is 4.01. The molecule has 1 N–H and O–H groups in total. The molecule has 1 aromatic heterocycles. The van der Waals surface area contributed by atoms with Gasteiger partial charge in [0.15, 0.2) is 0 Å². The van der Waals surface area contributed by atoms with E-state index in [4.69, 9.17) is 4.74 Å². The second kappa shape index (κ2) is 6.10. The number of anilines is 1. The minimum Gasteiger partial charge on any atom is -0.481 e. The number of fused-ring (bicyclic) bond motifs is 1. The summed E-state index contributed by atoms with van der Waals surface area (Å²) in [5, 5.41) is 3.28. The van der Waals surface area contributed by atoms with Crippen LogP contribution in [0.25, 0.3) is 0 Å². The normalized spacial score (nSPS) is 17.4. The smallest absolute Gasteiger partial charge is 0.218 e. The summed E-state index contributed by atoms with van der Waals surface area (Å²) in [4.78, 5) is 10.8. The third-order valence-electron chi connectivity index (χ3n) is 3.93. The minimum atomic E-state index is 0.379. The molecule has 5 nitrogen and oxygen atoms in total. The van der Waals surface area contributed by atoms with Crippen LogP contribution in [0.2, 0.25) is 0 Å². The topological polar surface area (TPSA) is 50.3 Å². The van der Waals surface area contributed by atoms with E-state index in [1.807, 2.05) is 13.1 Å². The monoisotopic (exact) mass is 284 g/mol. The number of nitrogens with zero attached hydrogens (tertiary/aromatic N) is 3. The molecule has 5 heteroatoms. The lowest BCUT2D eigenvalue weighted by atomic mass is 9.94. The van der Waals surface area contributed by atoms with Gasteiger partial charge in [-0.15, -0.1) is 0 Å². The lowest BCUT2D eigenvalue weighted by Crippen LogP contribution is -2.46. The lowest BCUT2D eigenvalue weighted by molar-refractivity contribution is 0.396. The van der Waals surface area contributed by atoms with Crippen LogP contribution in [0.15, 0.2) is 36.7 Å². The van der Waals surface area contributed by atoms with Gasteiger partial charge in [-0.1, -0.05) is 24.3 Å². The Morgan fingerprint density at radius 2 is 2.10 bits per heavy atom. The average molecular weight is 284 g/mol. The number of rotatable bonds is 4. The van der Waals surface area contributed by atoms with Gasteiger partial charge in [0.25, 0.3) is 0 Å². The van der Waals surface area contributed by atoms with Crippen molar-refractivity contribution in [1.82, 2.24) is 15.3 Å². The largest absolute Gasteiger partial charge is 0.481 e.